The number of rotatable bonds is 7. The van der Waals surface area contributed by atoms with E-state index in [0.717, 1.165) is 11.6 Å². The maximum Gasteiger partial charge on any atom is -0.0147 e. The van der Waals surface area contributed by atoms with E-state index in [2.05, 4.69) is 34.6 Å². The van der Waals surface area contributed by atoms with Crippen molar-refractivity contribution in [3.8, 4) is 0 Å². The van der Waals surface area contributed by atoms with Crippen LogP contribution in [0.2, 0.25) is 0 Å². The molecular formula is C18H35P. The molecule has 0 amide bonds. The first-order valence-corrected chi connectivity index (χ1v) is 10.5. The number of unbranched alkanes of at least 4 members (excludes halogenated alkanes) is 2. The first-order chi connectivity index (χ1) is 8.97. The second-order valence-corrected chi connectivity index (χ2v) is 10.6. The van der Waals surface area contributed by atoms with E-state index in [1.807, 2.05) is 0 Å². The first kappa shape index (κ1) is 15.8. The van der Waals surface area contributed by atoms with Gasteiger partial charge in [0.1, 0.15) is 0 Å². The molecule has 3 atom stereocenters. The van der Waals surface area contributed by atoms with E-state index in [9.17, 15) is 0 Å². The van der Waals surface area contributed by atoms with Crippen molar-refractivity contribution in [1.82, 2.24) is 0 Å². The summed E-state index contributed by atoms with van der Waals surface area (Å²) in [7, 11) is 0.305. The molecule has 0 radical (unpaired) electrons. The lowest BCUT2D eigenvalue weighted by atomic mass is 9.71. The lowest BCUT2D eigenvalue weighted by Crippen LogP contribution is -2.35. The predicted octanol–water partition coefficient (Wildman–Crippen LogP) is 6.28. The largest absolute Gasteiger partial charge is 0.103 e. The Balaban J connectivity index is 2.09. The normalized spacial score (nSPS) is 36.3. The average Bonchev–Trinajstić information content (AvgIpc) is 2.72. The van der Waals surface area contributed by atoms with Crippen LogP contribution in [0.4, 0.5) is 0 Å². The molecule has 0 aromatic carbocycles. The third-order valence-corrected chi connectivity index (χ3v) is 10.2. The Labute approximate surface area is 122 Å². The minimum absolute atomic E-state index is 0.305. The van der Waals surface area contributed by atoms with Gasteiger partial charge in [-0.25, -0.2) is 0 Å². The zero-order valence-corrected chi connectivity index (χ0v) is 14.9. The fourth-order valence-corrected chi connectivity index (χ4v) is 8.97. The van der Waals surface area contributed by atoms with Crippen LogP contribution in [-0.4, -0.2) is 18.0 Å². The molecule has 0 aromatic rings. The minimum atomic E-state index is 0.305. The number of hydrogen-bond acceptors (Lipinski definition) is 0. The molecule has 0 nitrogen and oxygen atoms in total. The molecule has 112 valence electrons. The fourth-order valence-electron chi connectivity index (χ4n) is 4.86. The highest BCUT2D eigenvalue weighted by atomic mass is 31.1. The summed E-state index contributed by atoms with van der Waals surface area (Å²) in [5.74, 6) is 1.04. The standard InChI is InChI=1S/C18H35P/c1-6-8-12-19(13-9-7-2)16-14-15-10-11-18(16,5)17(15,3)4/h15-16H,6-14H2,1-5H3. The van der Waals surface area contributed by atoms with Crippen molar-refractivity contribution in [2.45, 2.75) is 85.2 Å². The van der Waals surface area contributed by atoms with E-state index in [4.69, 9.17) is 0 Å². The molecule has 2 aliphatic rings. The van der Waals surface area contributed by atoms with Crippen LogP contribution in [0, 0.1) is 16.7 Å². The summed E-state index contributed by atoms with van der Waals surface area (Å²) < 4.78 is 0. The van der Waals surface area contributed by atoms with Crippen LogP contribution < -0.4 is 0 Å². The molecule has 1 heteroatoms. The van der Waals surface area contributed by atoms with Crippen molar-refractivity contribution in [2.75, 3.05) is 12.3 Å². The number of hydrogen-bond donors (Lipinski definition) is 0. The molecule has 2 saturated carbocycles. The van der Waals surface area contributed by atoms with Crippen LogP contribution in [0.25, 0.3) is 0 Å². The molecule has 0 saturated heterocycles. The van der Waals surface area contributed by atoms with E-state index in [-0.39, 0.29) is 0 Å². The lowest BCUT2D eigenvalue weighted by Gasteiger charge is -2.43. The van der Waals surface area contributed by atoms with Gasteiger partial charge in [-0.1, -0.05) is 47.5 Å². The molecule has 2 rings (SSSR count). The Morgan fingerprint density at radius 1 is 1.00 bits per heavy atom. The van der Waals surface area contributed by atoms with Gasteiger partial charge in [0.2, 0.25) is 0 Å². The van der Waals surface area contributed by atoms with Gasteiger partial charge in [-0.05, 0) is 66.8 Å². The van der Waals surface area contributed by atoms with Gasteiger partial charge in [0.15, 0.2) is 0 Å². The maximum atomic E-state index is 2.65. The zero-order chi connectivity index (χ0) is 14.1. The van der Waals surface area contributed by atoms with Crippen molar-refractivity contribution in [3.63, 3.8) is 0 Å². The summed E-state index contributed by atoms with van der Waals surface area (Å²) in [6.07, 6.45) is 13.5. The topological polar surface area (TPSA) is 0 Å². The van der Waals surface area contributed by atoms with Gasteiger partial charge in [0.25, 0.3) is 0 Å². The monoisotopic (exact) mass is 282 g/mol. The quantitative estimate of drug-likeness (QED) is 0.482. The molecule has 19 heavy (non-hydrogen) atoms. The van der Waals surface area contributed by atoms with Crippen molar-refractivity contribution < 1.29 is 0 Å². The van der Waals surface area contributed by atoms with Gasteiger partial charge >= 0.3 is 0 Å². The van der Waals surface area contributed by atoms with Crippen molar-refractivity contribution in [2.24, 2.45) is 16.7 Å². The van der Waals surface area contributed by atoms with Crippen LogP contribution in [0.3, 0.4) is 0 Å². The third kappa shape index (κ3) is 2.64. The van der Waals surface area contributed by atoms with E-state index in [1.54, 1.807) is 18.7 Å². The fraction of sp³-hybridized carbons (Fsp3) is 1.00. The molecule has 0 spiro atoms. The molecule has 3 unspecified atom stereocenters. The Bertz CT molecular complexity index is 288. The van der Waals surface area contributed by atoms with Gasteiger partial charge in [-0.2, -0.15) is 0 Å². The summed E-state index contributed by atoms with van der Waals surface area (Å²) in [6, 6.07) is 0. The highest BCUT2D eigenvalue weighted by Gasteiger charge is 2.62. The smallest absolute Gasteiger partial charge is 0.0147 e. The van der Waals surface area contributed by atoms with E-state index in [1.165, 1.54) is 38.5 Å². The van der Waals surface area contributed by atoms with Gasteiger partial charge in [0.05, 0.1) is 0 Å². The van der Waals surface area contributed by atoms with Crippen LogP contribution in [0.5, 0.6) is 0 Å². The molecule has 2 aliphatic carbocycles. The summed E-state index contributed by atoms with van der Waals surface area (Å²) in [5.41, 5.74) is 2.39. The first-order valence-electron chi connectivity index (χ1n) is 8.71. The molecule has 0 aromatic heterocycles. The van der Waals surface area contributed by atoms with Gasteiger partial charge in [-0.15, -0.1) is 7.92 Å². The van der Waals surface area contributed by atoms with Crippen LogP contribution in [0.15, 0.2) is 0 Å². The predicted molar refractivity (Wildman–Crippen MR) is 89.5 cm³/mol. The second kappa shape index (κ2) is 6.05. The Hall–Kier alpha value is 0.430. The van der Waals surface area contributed by atoms with Crippen molar-refractivity contribution >= 4 is 7.92 Å². The van der Waals surface area contributed by atoms with Crippen molar-refractivity contribution in [1.29, 1.82) is 0 Å². The number of fused-ring (bicyclic) bond motifs is 2. The second-order valence-electron chi connectivity index (χ2n) is 7.87. The summed E-state index contributed by atoms with van der Waals surface area (Å²) in [5, 5.41) is 0. The van der Waals surface area contributed by atoms with Crippen LogP contribution in [0.1, 0.15) is 79.6 Å². The lowest BCUT2D eigenvalue weighted by molar-refractivity contribution is 0.155. The Morgan fingerprint density at radius 2 is 1.58 bits per heavy atom. The highest BCUT2D eigenvalue weighted by molar-refractivity contribution is 7.58. The van der Waals surface area contributed by atoms with Gasteiger partial charge in [0, 0.05) is 0 Å². The summed E-state index contributed by atoms with van der Waals surface area (Å²) in [4.78, 5) is 0. The van der Waals surface area contributed by atoms with Crippen LogP contribution in [-0.2, 0) is 0 Å². The molecular weight excluding hydrogens is 247 g/mol. The van der Waals surface area contributed by atoms with Crippen molar-refractivity contribution in [3.05, 3.63) is 0 Å². The minimum Gasteiger partial charge on any atom is -0.103 e. The molecule has 0 aliphatic heterocycles. The molecule has 2 fully saturated rings. The van der Waals surface area contributed by atoms with E-state index < -0.39 is 0 Å². The molecule has 0 N–H and O–H groups in total. The van der Waals surface area contributed by atoms with Gasteiger partial charge < -0.3 is 0 Å². The van der Waals surface area contributed by atoms with E-state index >= 15 is 0 Å². The summed E-state index contributed by atoms with van der Waals surface area (Å²) in [6.45, 7) is 12.5. The van der Waals surface area contributed by atoms with E-state index in [0.29, 0.717) is 18.8 Å². The zero-order valence-electron chi connectivity index (χ0n) is 14.0. The Kier molecular flexibility index (Phi) is 5.03. The SMILES string of the molecule is CCCCP(CCCC)C1CC2CCC1(C)C2(C)C. The van der Waals surface area contributed by atoms with Crippen LogP contribution >= 0.6 is 7.92 Å². The Morgan fingerprint density at radius 3 is 1.95 bits per heavy atom. The highest BCUT2D eigenvalue weighted by Crippen LogP contribution is 2.72. The summed E-state index contributed by atoms with van der Waals surface area (Å²) >= 11 is 0. The maximum absolute atomic E-state index is 2.65. The molecule has 2 bridgehead atoms. The van der Waals surface area contributed by atoms with Gasteiger partial charge in [-0.3, -0.25) is 0 Å². The molecule has 0 heterocycles. The average molecular weight is 282 g/mol. The third-order valence-electron chi connectivity index (χ3n) is 6.79.